The van der Waals surface area contributed by atoms with E-state index in [9.17, 15) is 14.4 Å². The number of anilines is 1. The Balaban J connectivity index is 1.85. The third kappa shape index (κ3) is 5.78. The highest BCUT2D eigenvalue weighted by atomic mass is 35.5. The maximum atomic E-state index is 13.1. The summed E-state index contributed by atoms with van der Waals surface area (Å²) in [6.07, 6.45) is 0.0524. The fourth-order valence-corrected chi connectivity index (χ4v) is 4.75. The van der Waals surface area contributed by atoms with E-state index in [2.05, 4.69) is 5.32 Å². The normalized spacial score (nSPS) is 13.2. The van der Waals surface area contributed by atoms with Crippen molar-refractivity contribution in [3.8, 4) is 5.75 Å². The summed E-state index contributed by atoms with van der Waals surface area (Å²) < 4.78 is 16.2. The van der Waals surface area contributed by atoms with Crippen molar-refractivity contribution in [3.05, 3.63) is 45.3 Å². The molecule has 2 amide bonds. The SMILES string of the molecule is CCOC(=O)c1c(NC(=O)C(C)(C)Oc2ccc(Cl)cc2)sc2c1CCN(C(=O)OCC)C2. The van der Waals surface area contributed by atoms with Crippen LogP contribution < -0.4 is 10.1 Å². The van der Waals surface area contributed by atoms with Gasteiger partial charge in [0.2, 0.25) is 0 Å². The smallest absolute Gasteiger partial charge is 0.410 e. The molecule has 0 unspecified atom stereocenters. The van der Waals surface area contributed by atoms with E-state index in [4.69, 9.17) is 25.8 Å². The number of nitrogens with one attached hydrogen (secondary N) is 1. The van der Waals surface area contributed by atoms with Crippen molar-refractivity contribution in [2.45, 2.75) is 46.3 Å². The minimum Gasteiger partial charge on any atom is -0.478 e. The fraction of sp³-hybridized carbons (Fsp3) is 0.435. The van der Waals surface area contributed by atoms with Crippen LogP contribution in [-0.4, -0.2) is 48.2 Å². The van der Waals surface area contributed by atoms with E-state index in [1.54, 1.807) is 56.9 Å². The molecule has 1 aromatic heterocycles. The first-order valence-corrected chi connectivity index (χ1v) is 11.8. The monoisotopic (exact) mass is 494 g/mol. The minimum absolute atomic E-state index is 0.205. The van der Waals surface area contributed by atoms with Gasteiger partial charge in [0.1, 0.15) is 10.8 Å². The number of fused-ring (bicyclic) bond motifs is 1. The zero-order valence-electron chi connectivity index (χ0n) is 19.0. The van der Waals surface area contributed by atoms with Crippen molar-refractivity contribution in [1.82, 2.24) is 4.90 Å². The third-order valence-electron chi connectivity index (χ3n) is 5.02. The molecule has 1 aliphatic rings. The highest BCUT2D eigenvalue weighted by Crippen LogP contribution is 2.38. The number of hydrogen-bond donors (Lipinski definition) is 1. The second kappa shape index (κ2) is 10.4. The zero-order chi connectivity index (χ0) is 24.2. The Morgan fingerprint density at radius 1 is 1.12 bits per heavy atom. The standard InChI is InChI=1S/C23H27ClN2O6S/c1-5-30-20(27)18-16-11-12-26(22(29)31-6-2)13-17(16)33-19(18)25-21(28)23(3,4)32-15-9-7-14(24)8-10-15/h7-10H,5-6,11-13H2,1-4H3,(H,25,28). The van der Waals surface area contributed by atoms with E-state index in [1.807, 2.05) is 0 Å². The first kappa shape index (κ1) is 24.9. The molecular formula is C23H27ClN2O6S. The van der Waals surface area contributed by atoms with Crippen molar-refractivity contribution in [3.63, 3.8) is 0 Å². The molecule has 0 fully saturated rings. The molecule has 0 spiro atoms. The molecule has 0 radical (unpaired) electrons. The number of rotatable bonds is 7. The zero-order valence-corrected chi connectivity index (χ0v) is 20.6. The van der Waals surface area contributed by atoms with Gasteiger partial charge in [0, 0.05) is 16.4 Å². The van der Waals surface area contributed by atoms with Crippen molar-refractivity contribution in [1.29, 1.82) is 0 Å². The second-order valence-corrected chi connectivity index (χ2v) is 9.36. The number of carbonyl (C=O) groups excluding carboxylic acids is 3. The van der Waals surface area contributed by atoms with Crippen molar-refractivity contribution >= 4 is 45.9 Å². The average molecular weight is 495 g/mol. The van der Waals surface area contributed by atoms with Crippen LogP contribution in [0.1, 0.15) is 48.5 Å². The highest BCUT2D eigenvalue weighted by Gasteiger charge is 2.35. The van der Waals surface area contributed by atoms with Gasteiger partial charge < -0.3 is 24.4 Å². The van der Waals surface area contributed by atoms with E-state index in [0.717, 1.165) is 10.4 Å². The Bertz CT molecular complexity index is 1030. The Hall–Kier alpha value is -2.78. The van der Waals surface area contributed by atoms with Gasteiger partial charge in [0.25, 0.3) is 5.91 Å². The maximum Gasteiger partial charge on any atom is 0.410 e. The summed E-state index contributed by atoms with van der Waals surface area (Å²) in [5, 5.41) is 3.78. The number of benzene rings is 1. The molecule has 8 nitrogen and oxygen atoms in total. The summed E-state index contributed by atoms with van der Waals surface area (Å²) >= 11 is 7.17. The van der Waals surface area contributed by atoms with Crippen molar-refractivity contribution in [2.24, 2.45) is 0 Å². The number of hydrogen-bond acceptors (Lipinski definition) is 7. The van der Waals surface area contributed by atoms with Crippen LogP contribution in [0.25, 0.3) is 0 Å². The highest BCUT2D eigenvalue weighted by molar-refractivity contribution is 7.17. The quantitative estimate of drug-likeness (QED) is 0.551. The molecule has 0 bridgehead atoms. The lowest BCUT2D eigenvalue weighted by atomic mass is 10.0. The van der Waals surface area contributed by atoms with Crippen molar-refractivity contribution in [2.75, 3.05) is 25.1 Å². The van der Waals surface area contributed by atoms with Crippen molar-refractivity contribution < 1.29 is 28.6 Å². The Morgan fingerprint density at radius 2 is 1.79 bits per heavy atom. The van der Waals surface area contributed by atoms with E-state index in [0.29, 0.717) is 40.8 Å². The molecule has 0 saturated heterocycles. The minimum atomic E-state index is -1.23. The maximum absolute atomic E-state index is 13.1. The van der Waals surface area contributed by atoms with E-state index >= 15 is 0 Å². The molecule has 0 atom stereocenters. The molecular weight excluding hydrogens is 468 g/mol. The van der Waals surface area contributed by atoms with Gasteiger partial charge in [-0.05, 0) is 63.9 Å². The topological polar surface area (TPSA) is 94.2 Å². The molecule has 0 saturated carbocycles. The average Bonchev–Trinajstić information content (AvgIpc) is 3.12. The molecule has 2 aromatic rings. The number of amides is 2. The number of carbonyl (C=O) groups is 3. The summed E-state index contributed by atoms with van der Waals surface area (Å²) in [4.78, 5) is 40.4. The summed E-state index contributed by atoms with van der Waals surface area (Å²) in [6.45, 7) is 7.94. The summed E-state index contributed by atoms with van der Waals surface area (Å²) in [7, 11) is 0. The van der Waals surface area contributed by atoms with Crippen LogP contribution in [0.4, 0.5) is 9.80 Å². The summed E-state index contributed by atoms with van der Waals surface area (Å²) in [5.74, 6) is -0.448. The molecule has 10 heteroatoms. The van der Waals surface area contributed by atoms with Crippen LogP contribution >= 0.6 is 22.9 Å². The van der Waals surface area contributed by atoms with Gasteiger partial charge in [-0.2, -0.15) is 0 Å². The van der Waals surface area contributed by atoms with Gasteiger partial charge >= 0.3 is 12.1 Å². The third-order valence-corrected chi connectivity index (χ3v) is 6.41. The number of nitrogens with zero attached hydrogens (tertiary/aromatic N) is 1. The summed E-state index contributed by atoms with van der Waals surface area (Å²) in [6, 6.07) is 6.70. The van der Waals surface area contributed by atoms with Crippen LogP contribution in [0.5, 0.6) is 5.75 Å². The first-order chi connectivity index (χ1) is 15.7. The number of halogens is 1. The van der Waals surface area contributed by atoms with Crippen LogP contribution in [0, 0.1) is 0 Å². The van der Waals surface area contributed by atoms with Gasteiger partial charge in [0.15, 0.2) is 5.60 Å². The molecule has 3 rings (SSSR count). The van der Waals surface area contributed by atoms with Gasteiger partial charge in [-0.15, -0.1) is 11.3 Å². The van der Waals surface area contributed by atoms with Gasteiger partial charge in [-0.3, -0.25) is 4.79 Å². The van der Waals surface area contributed by atoms with Crippen LogP contribution in [0.2, 0.25) is 5.02 Å². The fourth-order valence-electron chi connectivity index (χ4n) is 3.38. The molecule has 1 aliphatic heterocycles. The van der Waals surface area contributed by atoms with E-state index in [1.165, 1.54) is 11.3 Å². The molecule has 33 heavy (non-hydrogen) atoms. The lowest BCUT2D eigenvalue weighted by molar-refractivity contribution is -0.128. The lowest BCUT2D eigenvalue weighted by Gasteiger charge is -2.26. The predicted octanol–water partition coefficient (Wildman–Crippen LogP) is 4.89. The number of thiophene rings is 1. The predicted molar refractivity (Wildman–Crippen MR) is 126 cm³/mol. The van der Waals surface area contributed by atoms with E-state index < -0.39 is 23.6 Å². The van der Waals surface area contributed by atoms with Crippen LogP contribution in [0.15, 0.2) is 24.3 Å². The molecule has 0 aliphatic carbocycles. The first-order valence-electron chi connectivity index (χ1n) is 10.7. The lowest BCUT2D eigenvalue weighted by Crippen LogP contribution is -2.42. The van der Waals surface area contributed by atoms with Gasteiger partial charge in [-0.25, -0.2) is 9.59 Å². The van der Waals surface area contributed by atoms with Gasteiger partial charge in [0.05, 0.1) is 25.3 Å². The van der Waals surface area contributed by atoms with Gasteiger partial charge in [-0.1, -0.05) is 11.6 Å². The van der Waals surface area contributed by atoms with E-state index in [-0.39, 0.29) is 13.2 Å². The van der Waals surface area contributed by atoms with Crippen LogP contribution in [-0.2, 0) is 27.2 Å². The summed E-state index contributed by atoms with van der Waals surface area (Å²) in [5.41, 5.74) is -0.122. The molecule has 1 N–H and O–H groups in total. The van der Waals surface area contributed by atoms with Crippen LogP contribution in [0.3, 0.4) is 0 Å². The molecule has 2 heterocycles. The molecule has 1 aromatic carbocycles. The Kier molecular flexibility index (Phi) is 7.86. The number of esters is 1. The largest absolute Gasteiger partial charge is 0.478 e. The number of ether oxygens (including phenoxy) is 3. The Labute approximate surface area is 201 Å². The Morgan fingerprint density at radius 3 is 2.42 bits per heavy atom. The molecule has 178 valence electrons. The second-order valence-electron chi connectivity index (χ2n) is 7.82.